The standard InChI is InChI=1S/C13H15F3O3/c14-13(15,16)19-10-5-1-8(2-6-10)7-11(17)12(18)9-3-4-9/h1-2,5-6,9,11-12,17-18H,3-4,7H2. The summed E-state index contributed by atoms with van der Waals surface area (Å²) in [6.45, 7) is 0. The van der Waals surface area contributed by atoms with Crippen LogP contribution in [0.25, 0.3) is 0 Å². The van der Waals surface area contributed by atoms with Crippen molar-refractivity contribution in [3.05, 3.63) is 29.8 Å². The topological polar surface area (TPSA) is 49.7 Å². The zero-order valence-corrected chi connectivity index (χ0v) is 10.1. The molecule has 1 aliphatic carbocycles. The molecule has 1 aliphatic rings. The molecule has 1 fully saturated rings. The molecule has 0 aliphatic heterocycles. The lowest BCUT2D eigenvalue weighted by atomic mass is 10.0. The molecule has 106 valence electrons. The molecule has 2 unspecified atom stereocenters. The fraction of sp³-hybridized carbons (Fsp3) is 0.538. The van der Waals surface area contributed by atoms with Gasteiger partial charge in [0.05, 0.1) is 12.2 Å². The summed E-state index contributed by atoms with van der Waals surface area (Å²) < 4.78 is 39.6. The first-order valence-electron chi connectivity index (χ1n) is 6.06. The van der Waals surface area contributed by atoms with Crippen LogP contribution in [0.5, 0.6) is 5.75 Å². The van der Waals surface area contributed by atoms with Crippen molar-refractivity contribution in [1.29, 1.82) is 0 Å². The number of hydrogen-bond acceptors (Lipinski definition) is 3. The van der Waals surface area contributed by atoms with Gasteiger partial charge in [0, 0.05) is 6.42 Å². The van der Waals surface area contributed by atoms with Crippen molar-refractivity contribution in [1.82, 2.24) is 0 Å². The largest absolute Gasteiger partial charge is 0.573 e. The molecule has 0 spiro atoms. The highest BCUT2D eigenvalue weighted by molar-refractivity contribution is 5.28. The third kappa shape index (κ3) is 4.40. The predicted molar refractivity (Wildman–Crippen MR) is 61.6 cm³/mol. The van der Waals surface area contributed by atoms with E-state index in [4.69, 9.17) is 0 Å². The lowest BCUT2D eigenvalue weighted by Crippen LogP contribution is -2.29. The number of aliphatic hydroxyl groups excluding tert-OH is 2. The molecule has 2 rings (SSSR count). The fourth-order valence-electron chi connectivity index (χ4n) is 1.94. The van der Waals surface area contributed by atoms with Crippen LogP contribution in [0, 0.1) is 5.92 Å². The van der Waals surface area contributed by atoms with Gasteiger partial charge in [-0.25, -0.2) is 0 Å². The lowest BCUT2D eigenvalue weighted by molar-refractivity contribution is -0.274. The number of alkyl halides is 3. The van der Waals surface area contributed by atoms with Crippen LogP contribution in [-0.2, 0) is 6.42 Å². The minimum atomic E-state index is -4.71. The summed E-state index contributed by atoms with van der Waals surface area (Å²) in [5, 5.41) is 19.5. The molecule has 1 aromatic rings. The molecular weight excluding hydrogens is 261 g/mol. The summed E-state index contributed by atoms with van der Waals surface area (Å²) >= 11 is 0. The second-order valence-electron chi connectivity index (χ2n) is 4.79. The zero-order valence-electron chi connectivity index (χ0n) is 10.1. The molecule has 0 amide bonds. The summed E-state index contributed by atoms with van der Waals surface area (Å²) in [4.78, 5) is 0. The van der Waals surface area contributed by atoms with Crippen LogP contribution >= 0.6 is 0 Å². The normalized spacial score (nSPS) is 19.0. The molecule has 1 saturated carbocycles. The maximum atomic E-state index is 12.0. The number of ether oxygens (including phenoxy) is 1. The van der Waals surface area contributed by atoms with Gasteiger partial charge in [-0.2, -0.15) is 0 Å². The Balaban J connectivity index is 1.90. The first-order valence-corrected chi connectivity index (χ1v) is 6.06. The highest BCUT2D eigenvalue weighted by atomic mass is 19.4. The van der Waals surface area contributed by atoms with Gasteiger partial charge in [-0.05, 0) is 36.5 Å². The summed E-state index contributed by atoms with van der Waals surface area (Å²) in [5.41, 5.74) is 0.654. The monoisotopic (exact) mass is 276 g/mol. The molecule has 3 nitrogen and oxygen atoms in total. The van der Waals surface area contributed by atoms with Crippen molar-refractivity contribution in [2.24, 2.45) is 5.92 Å². The van der Waals surface area contributed by atoms with Gasteiger partial charge in [-0.15, -0.1) is 13.2 Å². The maximum Gasteiger partial charge on any atom is 0.573 e. The average molecular weight is 276 g/mol. The molecule has 2 atom stereocenters. The van der Waals surface area contributed by atoms with E-state index in [1.54, 1.807) is 0 Å². The van der Waals surface area contributed by atoms with Gasteiger partial charge in [0.2, 0.25) is 0 Å². The summed E-state index contributed by atoms with van der Waals surface area (Å²) in [5.74, 6) is -0.142. The predicted octanol–water partition coefficient (Wildman–Crippen LogP) is 2.26. The van der Waals surface area contributed by atoms with Crippen molar-refractivity contribution < 1.29 is 28.1 Å². The van der Waals surface area contributed by atoms with Crippen molar-refractivity contribution in [2.75, 3.05) is 0 Å². The van der Waals surface area contributed by atoms with E-state index in [1.165, 1.54) is 24.3 Å². The Kier molecular flexibility index (Phi) is 4.01. The van der Waals surface area contributed by atoms with E-state index in [2.05, 4.69) is 4.74 Å². The van der Waals surface area contributed by atoms with E-state index in [-0.39, 0.29) is 18.1 Å². The molecule has 6 heteroatoms. The summed E-state index contributed by atoms with van der Waals surface area (Å²) in [6, 6.07) is 5.28. The Labute approximate surface area is 108 Å². The van der Waals surface area contributed by atoms with Crippen molar-refractivity contribution in [3.63, 3.8) is 0 Å². The first kappa shape index (κ1) is 14.1. The van der Waals surface area contributed by atoms with Crippen LogP contribution < -0.4 is 4.74 Å². The molecule has 0 heterocycles. The molecule has 19 heavy (non-hydrogen) atoms. The Morgan fingerprint density at radius 1 is 1.16 bits per heavy atom. The third-order valence-electron chi connectivity index (χ3n) is 3.10. The minimum Gasteiger partial charge on any atom is -0.406 e. The van der Waals surface area contributed by atoms with Crippen LogP contribution in [0.1, 0.15) is 18.4 Å². The quantitative estimate of drug-likeness (QED) is 0.867. The van der Waals surface area contributed by atoms with Gasteiger partial charge in [0.15, 0.2) is 0 Å². The van der Waals surface area contributed by atoms with E-state index >= 15 is 0 Å². The van der Waals surface area contributed by atoms with E-state index < -0.39 is 18.6 Å². The second-order valence-corrected chi connectivity index (χ2v) is 4.79. The highest BCUT2D eigenvalue weighted by Gasteiger charge is 2.34. The molecule has 0 aromatic heterocycles. The van der Waals surface area contributed by atoms with Crippen LogP contribution in [0.3, 0.4) is 0 Å². The average Bonchev–Trinajstić information content (AvgIpc) is 3.12. The van der Waals surface area contributed by atoms with E-state index in [0.717, 1.165) is 12.8 Å². The third-order valence-corrected chi connectivity index (χ3v) is 3.10. The van der Waals surface area contributed by atoms with Gasteiger partial charge < -0.3 is 14.9 Å². The smallest absolute Gasteiger partial charge is 0.406 e. The lowest BCUT2D eigenvalue weighted by Gasteiger charge is -2.17. The molecule has 0 bridgehead atoms. The molecule has 1 aromatic carbocycles. The number of halogens is 3. The Morgan fingerprint density at radius 2 is 1.74 bits per heavy atom. The zero-order chi connectivity index (χ0) is 14.0. The number of benzene rings is 1. The molecular formula is C13H15F3O3. The van der Waals surface area contributed by atoms with Crippen LogP contribution in [0.4, 0.5) is 13.2 Å². The Morgan fingerprint density at radius 3 is 2.21 bits per heavy atom. The number of rotatable bonds is 5. The maximum absolute atomic E-state index is 12.0. The fourth-order valence-corrected chi connectivity index (χ4v) is 1.94. The van der Waals surface area contributed by atoms with E-state index in [1.807, 2.05) is 0 Å². The van der Waals surface area contributed by atoms with E-state index in [0.29, 0.717) is 5.56 Å². The van der Waals surface area contributed by atoms with E-state index in [9.17, 15) is 23.4 Å². The van der Waals surface area contributed by atoms with Crippen molar-refractivity contribution in [3.8, 4) is 5.75 Å². The van der Waals surface area contributed by atoms with Gasteiger partial charge in [0.1, 0.15) is 5.75 Å². The van der Waals surface area contributed by atoms with Crippen molar-refractivity contribution in [2.45, 2.75) is 37.8 Å². The number of aliphatic hydroxyl groups is 2. The van der Waals surface area contributed by atoms with Gasteiger partial charge >= 0.3 is 6.36 Å². The van der Waals surface area contributed by atoms with Gasteiger partial charge in [0.25, 0.3) is 0 Å². The summed E-state index contributed by atoms with van der Waals surface area (Å²) in [7, 11) is 0. The molecule has 2 N–H and O–H groups in total. The minimum absolute atomic E-state index is 0.155. The van der Waals surface area contributed by atoms with Crippen LogP contribution in [-0.4, -0.2) is 28.8 Å². The second kappa shape index (κ2) is 5.38. The van der Waals surface area contributed by atoms with Gasteiger partial charge in [-0.1, -0.05) is 12.1 Å². The Hall–Kier alpha value is -1.27. The molecule has 0 saturated heterocycles. The first-order chi connectivity index (χ1) is 8.85. The highest BCUT2D eigenvalue weighted by Crippen LogP contribution is 2.34. The Bertz CT molecular complexity index is 412. The van der Waals surface area contributed by atoms with Crippen LogP contribution in [0.15, 0.2) is 24.3 Å². The number of hydrogen-bond donors (Lipinski definition) is 2. The SMILES string of the molecule is OC(Cc1ccc(OC(F)(F)F)cc1)C(O)C1CC1. The van der Waals surface area contributed by atoms with Crippen LogP contribution in [0.2, 0.25) is 0 Å². The van der Waals surface area contributed by atoms with Crippen molar-refractivity contribution >= 4 is 0 Å². The molecule has 0 radical (unpaired) electrons. The summed E-state index contributed by atoms with van der Waals surface area (Å²) in [6.07, 6.45) is -4.31. The van der Waals surface area contributed by atoms with Gasteiger partial charge in [-0.3, -0.25) is 0 Å².